The molecule has 0 N–H and O–H groups in total. The molecule has 45 heavy (non-hydrogen) atoms. The number of aromatic nitrogens is 3. The van der Waals surface area contributed by atoms with E-state index >= 15 is 0 Å². The number of oxazole rings is 1. The highest BCUT2D eigenvalue weighted by molar-refractivity contribution is 5.91. The number of rotatable bonds is 4. The van der Waals surface area contributed by atoms with Crippen molar-refractivity contribution in [1.29, 1.82) is 0 Å². The summed E-state index contributed by atoms with van der Waals surface area (Å²) in [5.74, 6) is 0.630. The Labute approximate surface area is 264 Å². The first-order valence-corrected chi connectivity index (χ1v) is 15.5. The van der Waals surface area contributed by atoms with Gasteiger partial charge >= 0.3 is 0 Å². The lowest BCUT2D eigenvalue weighted by molar-refractivity contribution is 0.583. The van der Waals surface area contributed by atoms with E-state index in [9.17, 15) is 0 Å². The van der Waals surface area contributed by atoms with Crippen molar-refractivity contribution in [2.75, 3.05) is 0 Å². The molecule has 2 heterocycles. The summed E-state index contributed by atoms with van der Waals surface area (Å²) in [6, 6.07) is 39.8. The predicted octanol–water partition coefficient (Wildman–Crippen LogP) is 11.0. The van der Waals surface area contributed by atoms with E-state index in [0.29, 0.717) is 5.89 Å². The fourth-order valence-electron chi connectivity index (χ4n) is 5.97. The Balaban J connectivity index is 1.32. The molecule has 0 spiro atoms. The molecule has 4 nitrogen and oxygen atoms in total. The summed E-state index contributed by atoms with van der Waals surface area (Å²) in [6.07, 6.45) is 0. The molecule has 0 aliphatic rings. The van der Waals surface area contributed by atoms with Crippen LogP contribution in [0.1, 0.15) is 52.7 Å². The maximum absolute atomic E-state index is 5.97. The lowest BCUT2D eigenvalue weighted by Gasteiger charge is -2.26. The molecule has 4 heteroatoms. The standard InChI is InChI=1S/C41H37N3O/c1-40(2,3)31-24-25-32(41(4,5)6)38-37(31)43-35(28-12-8-7-9-13-28)36(44-38)29-20-16-26(17-21-29)27-18-22-30(23-19-27)39-42-33-14-10-11-15-34(33)45-39/h7-25H,1-6H3. The van der Waals surface area contributed by atoms with Crippen LogP contribution in [0.3, 0.4) is 0 Å². The van der Waals surface area contributed by atoms with Crippen molar-refractivity contribution in [3.8, 4) is 45.1 Å². The Kier molecular flexibility index (Phi) is 6.89. The van der Waals surface area contributed by atoms with Crippen LogP contribution in [0.25, 0.3) is 67.2 Å². The first-order chi connectivity index (χ1) is 21.6. The van der Waals surface area contributed by atoms with Gasteiger partial charge in [-0.3, -0.25) is 0 Å². The molecule has 7 rings (SSSR count). The Morgan fingerprint density at radius 1 is 0.422 bits per heavy atom. The van der Waals surface area contributed by atoms with E-state index in [1.54, 1.807) is 0 Å². The van der Waals surface area contributed by atoms with Crippen molar-refractivity contribution in [3.05, 3.63) is 126 Å². The van der Waals surface area contributed by atoms with Crippen molar-refractivity contribution in [1.82, 2.24) is 15.0 Å². The smallest absolute Gasteiger partial charge is 0.227 e. The number of hydrogen-bond donors (Lipinski definition) is 0. The fraction of sp³-hybridized carbons (Fsp3) is 0.195. The van der Waals surface area contributed by atoms with E-state index in [4.69, 9.17) is 14.4 Å². The molecule has 0 aliphatic carbocycles. The average molecular weight is 588 g/mol. The first-order valence-electron chi connectivity index (χ1n) is 15.5. The number of hydrogen-bond acceptors (Lipinski definition) is 4. The fourth-order valence-corrected chi connectivity index (χ4v) is 5.97. The Morgan fingerprint density at radius 2 is 0.867 bits per heavy atom. The van der Waals surface area contributed by atoms with Crippen LogP contribution in [0.15, 0.2) is 120 Å². The molecule has 0 saturated carbocycles. The zero-order chi connectivity index (χ0) is 31.3. The van der Waals surface area contributed by atoms with E-state index in [-0.39, 0.29) is 10.8 Å². The van der Waals surface area contributed by atoms with Gasteiger partial charge in [0.25, 0.3) is 0 Å². The van der Waals surface area contributed by atoms with Gasteiger partial charge in [0, 0.05) is 16.7 Å². The minimum atomic E-state index is -0.0806. The Morgan fingerprint density at radius 3 is 1.38 bits per heavy atom. The maximum atomic E-state index is 5.97. The summed E-state index contributed by atoms with van der Waals surface area (Å²) < 4.78 is 5.97. The summed E-state index contributed by atoms with van der Waals surface area (Å²) in [5, 5.41) is 0. The third kappa shape index (κ3) is 5.42. The van der Waals surface area contributed by atoms with Gasteiger partial charge in [-0.1, -0.05) is 133 Å². The van der Waals surface area contributed by atoms with Gasteiger partial charge in [0.05, 0.1) is 22.4 Å². The van der Waals surface area contributed by atoms with Gasteiger partial charge in [-0.2, -0.15) is 0 Å². The van der Waals surface area contributed by atoms with Gasteiger partial charge in [-0.25, -0.2) is 15.0 Å². The van der Waals surface area contributed by atoms with Gasteiger partial charge in [-0.15, -0.1) is 0 Å². The van der Waals surface area contributed by atoms with Gasteiger partial charge in [0.1, 0.15) is 5.52 Å². The normalized spacial score (nSPS) is 12.2. The first kappa shape index (κ1) is 28.7. The summed E-state index contributed by atoms with van der Waals surface area (Å²) in [6.45, 7) is 13.5. The lowest BCUT2D eigenvalue weighted by Crippen LogP contribution is -2.17. The second kappa shape index (κ2) is 10.8. The maximum Gasteiger partial charge on any atom is 0.227 e. The predicted molar refractivity (Wildman–Crippen MR) is 186 cm³/mol. The molecular weight excluding hydrogens is 550 g/mol. The molecule has 0 saturated heterocycles. The van der Waals surface area contributed by atoms with Gasteiger partial charge < -0.3 is 4.42 Å². The second-order valence-electron chi connectivity index (χ2n) is 13.8. The number of para-hydroxylation sites is 2. The molecule has 5 aromatic carbocycles. The van der Waals surface area contributed by atoms with E-state index < -0.39 is 0 Å². The second-order valence-corrected chi connectivity index (χ2v) is 13.8. The molecule has 222 valence electrons. The molecule has 0 amide bonds. The monoisotopic (exact) mass is 587 g/mol. The van der Waals surface area contributed by atoms with E-state index in [0.717, 1.165) is 61.3 Å². The summed E-state index contributed by atoms with van der Waals surface area (Å²) >= 11 is 0. The van der Waals surface area contributed by atoms with E-state index in [1.807, 2.05) is 30.3 Å². The van der Waals surface area contributed by atoms with E-state index in [2.05, 4.69) is 131 Å². The van der Waals surface area contributed by atoms with Gasteiger partial charge in [0.15, 0.2) is 5.58 Å². The van der Waals surface area contributed by atoms with Gasteiger partial charge in [0.2, 0.25) is 5.89 Å². The van der Waals surface area contributed by atoms with Crippen LogP contribution in [-0.2, 0) is 10.8 Å². The van der Waals surface area contributed by atoms with Crippen molar-refractivity contribution in [2.45, 2.75) is 52.4 Å². The number of benzene rings is 5. The Hall–Kier alpha value is -5.09. The topological polar surface area (TPSA) is 51.8 Å². The lowest BCUT2D eigenvalue weighted by atomic mass is 9.80. The number of fused-ring (bicyclic) bond motifs is 2. The largest absolute Gasteiger partial charge is 0.436 e. The van der Waals surface area contributed by atoms with Crippen LogP contribution < -0.4 is 0 Å². The molecule has 0 bridgehead atoms. The highest BCUT2D eigenvalue weighted by Crippen LogP contribution is 2.39. The zero-order valence-electron chi connectivity index (χ0n) is 26.7. The third-order valence-corrected chi connectivity index (χ3v) is 8.40. The average Bonchev–Trinajstić information content (AvgIpc) is 3.48. The van der Waals surface area contributed by atoms with Crippen molar-refractivity contribution < 1.29 is 4.42 Å². The number of nitrogens with zero attached hydrogens (tertiary/aromatic N) is 3. The van der Waals surface area contributed by atoms with Crippen LogP contribution >= 0.6 is 0 Å². The molecule has 0 atom stereocenters. The van der Waals surface area contributed by atoms with Crippen molar-refractivity contribution in [3.63, 3.8) is 0 Å². The molecule has 0 aliphatic heterocycles. The zero-order valence-corrected chi connectivity index (χ0v) is 26.7. The van der Waals surface area contributed by atoms with Crippen LogP contribution in [-0.4, -0.2) is 15.0 Å². The molecule has 7 aromatic rings. The molecule has 2 aromatic heterocycles. The Bertz CT molecular complexity index is 2110. The van der Waals surface area contributed by atoms with Crippen molar-refractivity contribution in [2.24, 2.45) is 0 Å². The minimum Gasteiger partial charge on any atom is -0.436 e. The minimum absolute atomic E-state index is 0.0729. The van der Waals surface area contributed by atoms with E-state index in [1.165, 1.54) is 11.1 Å². The SMILES string of the molecule is CC(C)(C)c1ccc(C(C)(C)C)c2nc(-c3ccc(-c4ccc(-c5nc6ccccc6o5)cc4)cc3)c(-c3ccccc3)nc12. The van der Waals surface area contributed by atoms with Crippen LogP contribution in [0.5, 0.6) is 0 Å². The van der Waals surface area contributed by atoms with Gasteiger partial charge in [-0.05, 0) is 57.3 Å². The molecule has 0 unspecified atom stereocenters. The van der Waals surface area contributed by atoms with Crippen LogP contribution in [0.4, 0.5) is 0 Å². The molecular formula is C41H37N3O. The highest BCUT2D eigenvalue weighted by atomic mass is 16.3. The van der Waals surface area contributed by atoms with Crippen LogP contribution in [0.2, 0.25) is 0 Å². The van der Waals surface area contributed by atoms with Crippen LogP contribution in [0, 0.1) is 0 Å². The highest BCUT2D eigenvalue weighted by Gasteiger charge is 2.26. The molecule has 0 radical (unpaired) electrons. The summed E-state index contributed by atoms with van der Waals surface area (Å²) in [7, 11) is 0. The third-order valence-electron chi connectivity index (χ3n) is 8.40. The van der Waals surface area contributed by atoms with Crippen molar-refractivity contribution >= 4 is 22.1 Å². The summed E-state index contributed by atoms with van der Waals surface area (Å²) in [5.41, 5.74) is 13.0. The summed E-state index contributed by atoms with van der Waals surface area (Å²) in [4.78, 5) is 15.5. The molecule has 0 fully saturated rings. The quantitative estimate of drug-likeness (QED) is 0.206.